The Labute approximate surface area is 156 Å². The molecule has 0 aliphatic heterocycles. The number of rotatable bonds is 5. The Balaban J connectivity index is 1.82. The van der Waals surface area contributed by atoms with Crippen LogP contribution in [-0.4, -0.2) is 10.9 Å². The minimum Gasteiger partial charge on any atom is -0.352 e. The maximum absolute atomic E-state index is 13.8. The summed E-state index contributed by atoms with van der Waals surface area (Å²) >= 11 is 0. The van der Waals surface area contributed by atoms with Gasteiger partial charge < -0.3 is 10.6 Å². The molecule has 0 unspecified atom stereocenters. The van der Waals surface area contributed by atoms with Gasteiger partial charge in [-0.05, 0) is 42.7 Å². The zero-order valence-electron chi connectivity index (χ0n) is 15.0. The standard InChI is InChI=1S/C21H19F2N3O/c1-3-14-6-4-5-13(2)20(14)26-21(27)15-9-17(12-24-11-15)25-19-8-7-16(22)10-18(19)23/h4-12,25H,3H2,1-2H3,(H,26,27). The summed E-state index contributed by atoms with van der Waals surface area (Å²) in [5.41, 5.74) is 3.65. The first-order chi connectivity index (χ1) is 13.0. The highest BCUT2D eigenvalue weighted by Gasteiger charge is 2.12. The van der Waals surface area contributed by atoms with Gasteiger partial charge in [-0.3, -0.25) is 9.78 Å². The Morgan fingerprint density at radius 1 is 1.11 bits per heavy atom. The van der Waals surface area contributed by atoms with Crippen LogP contribution in [0, 0.1) is 18.6 Å². The zero-order valence-corrected chi connectivity index (χ0v) is 15.0. The third-order valence-electron chi connectivity index (χ3n) is 4.19. The molecule has 1 aromatic heterocycles. The van der Waals surface area contributed by atoms with Crippen molar-refractivity contribution in [3.8, 4) is 0 Å². The molecule has 0 atom stereocenters. The Morgan fingerprint density at radius 2 is 1.93 bits per heavy atom. The number of halogens is 2. The van der Waals surface area contributed by atoms with Crippen molar-refractivity contribution >= 4 is 23.0 Å². The lowest BCUT2D eigenvalue weighted by molar-refractivity contribution is 0.102. The molecular weight excluding hydrogens is 348 g/mol. The van der Waals surface area contributed by atoms with Crippen molar-refractivity contribution in [2.45, 2.75) is 20.3 Å². The largest absolute Gasteiger partial charge is 0.352 e. The molecule has 138 valence electrons. The van der Waals surface area contributed by atoms with Crippen LogP contribution >= 0.6 is 0 Å². The summed E-state index contributed by atoms with van der Waals surface area (Å²) in [5, 5.41) is 5.73. The predicted molar refractivity (Wildman–Crippen MR) is 102 cm³/mol. The van der Waals surface area contributed by atoms with E-state index >= 15 is 0 Å². The molecule has 0 radical (unpaired) electrons. The van der Waals surface area contributed by atoms with Crippen molar-refractivity contribution in [2.24, 2.45) is 0 Å². The molecule has 3 aromatic rings. The van der Waals surface area contributed by atoms with E-state index < -0.39 is 11.6 Å². The molecule has 3 rings (SSSR count). The molecule has 0 saturated heterocycles. The van der Waals surface area contributed by atoms with Gasteiger partial charge >= 0.3 is 0 Å². The van der Waals surface area contributed by atoms with E-state index in [-0.39, 0.29) is 11.6 Å². The summed E-state index contributed by atoms with van der Waals surface area (Å²) in [7, 11) is 0. The van der Waals surface area contributed by atoms with Crippen molar-refractivity contribution in [1.82, 2.24) is 4.98 Å². The summed E-state index contributed by atoms with van der Waals surface area (Å²) in [6.07, 6.45) is 3.69. The molecular formula is C21H19F2N3O. The second kappa shape index (κ2) is 7.95. The average molecular weight is 367 g/mol. The number of amides is 1. The molecule has 1 heterocycles. The van der Waals surface area contributed by atoms with Crippen molar-refractivity contribution in [1.29, 1.82) is 0 Å². The molecule has 6 heteroatoms. The van der Waals surface area contributed by atoms with E-state index in [9.17, 15) is 13.6 Å². The third-order valence-corrected chi connectivity index (χ3v) is 4.19. The molecule has 0 bridgehead atoms. The van der Waals surface area contributed by atoms with E-state index in [1.165, 1.54) is 18.5 Å². The van der Waals surface area contributed by atoms with E-state index in [0.717, 1.165) is 35.4 Å². The number of nitrogens with zero attached hydrogens (tertiary/aromatic N) is 1. The molecule has 0 aliphatic rings. The monoisotopic (exact) mass is 367 g/mol. The maximum atomic E-state index is 13.8. The van der Waals surface area contributed by atoms with Crippen molar-refractivity contribution in [3.63, 3.8) is 0 Å². The molecule has 1 amide bonds. The van der Waals surface area contributed by atoms with Crippen LogP contribution in [0.25, 0.3) is 0 Å². The minimum absolute atomic E-state index is 0.0999. The number of nitrogens with one attached hydrogen (secondary N) is 2. The number of hydrogen-bond acceptors (Lipinski definition) is 3. The molecule has 0 aliphatic carbocycles. The Bertz CT molecular complexity index is 989. The molecule has 2 N–H and O–H groups in total. The summed E-state index contributed by atoms with van der Waals surface area (Å²) in [4.78, 5) is 16.7. The maximum Gasteiger partial charge on any atom is 0.257 e. The first kappa shape index (κ1) is 18.5. The van der Waals surface area contributed by atoms with Gasteiger partial charge in [0.05, 0.1) is 23.1 Å². The Hall–Kier alpha value is -3.28. The van der Waals surface area contributed by atoms with Gasteiger partial charge in [-0.2, -0.15) is 0 Å². The van der Waals surface area contributed by atoms with Gasteiger partial charge in [0, 0.05) is 18.0 Å². The Morgan fingerprint density at radius 3 is 2.67 bits per heavy atom. The van der Waals surface area contributed by atoms with Crippen LogP contribution in [-0.2, 0) is 6.42 Å². The van der Waals surface area contributed by atoms with E-state index in [1.54, 1.807) is 6.07 Å². The lowest BCUT2D eigenvalue weighted by Crippen LogP contribution is -2.15. The van der Waals surface area contributed by atoms with Crippen molar-refractivity contribution in [3.05, 3.63) is 83.2 Å². The lowest BCUT2D eigenvalue weighted by atomic mass is 10.1. The van der Waals surface area contributed by atoms with Crippen LogP contribution in [0.15, 0.2) is 54.9 Å². The number of para-hydroxylation sites is 1. The highest BCUT2D eigenvalue weighted by atomic mass is 19.1. The second-order valence-corrected chi connectivity index (χ2v) is 6.13. The van der Waals surface area contributed by atoms with E-state index in [4.69, 9.17) is 0 Å². The minimum atomic E-state index is -0.725. The van der Waals surface area contributed by atoms with Crippen LogP contribution in [0.5, 0.6) is 0 Å². The van der Waals surface area contributed by atoms with Crippen LogP contribution < -0.4 is 10.6 Å². The topological polar surface area (TPSA) is 54.0 Å². The summed E-state index contributed by atoms with van der Waals surface area (Å²) in [5.74, 6) is -1.69. The van der Waals surface area contributed by atoms with Crippen LogP contribution in [0.2, 0.25) is 0 Å². The molecule has 27 heavy (non-hydrogen) atoms. The number of aryl methyl sites for hydroxylation is 2. The summed E-state index contributed by atoms with van der Waals surface area (Å²) < 4.78 is 26.8. The van der Waals surface area contributed by atoms with E-state index in [0.29, 0.717) is 11.3 Å². The number of aromatic nitrogens is 1. The average Bonchev–Trinajstić information content (AvgIpc) is 2.66. The van der Waals surface area contributed by atoms with Crippen molar-refractivity contribution < 1.29 is 13.6 Å². The van der Waals surface area contributed by atoms with Crippen molar-refractivity contribution in [2.75, 3.05) is 10.6 Å². The normalized spacial score (nSPS) is 10.5. The van der Waals surface area contributed by atoms with Gasteiger partial charge in [0.25, 0.3) is 5.91 Å². The first-order valence-corrected chi connectivity index (χ1v) is 8.55. The number of pyridine rings is 1. The summed E-state index contributed by atoms with van der Waals surface area (Å²) in [6, 6.07) is 10.6. The fraction of sp³-hybridized carbons (Fsp3) is 0.143. The van der Waals surface area contributed by atoms with Crippen LogP contribution in [0.1, 0.15) is 28.4 Å². The molecule has 4 nitrogen and oxygen atoms in total. The fourth-order valence-corrected chi connectivity index (χ4v) is 2.77. The highest BCUT2D eigenvalue weighted by Crippen LogP contribution is 2.23. The number of carbonyl (C=O) groups excluding carboxylic acids is 1. The number of benzene rings is 2. The summed E-state index contributed by atoms with van der Waals surface area (Å²) in [6.45, 7) is 3.95. The van der Waals surface area contributed by atoms with Gasteiger partial charge in [0.1, 0.15) is 11.6 Å². The van der Waals surface area contributed by atoms with E-state index in [1.807, 2.05) is 32.0 Å². The van der Waals surface area contributed by atoms with Gasteiger partial charge in [-0.1, -0.05) is 25.1 Å². The predicted octanol–water partition coefficient (Wildman–Crippen LogP) is 5.23. The van der Waals surface area contributed by atoms with Crippen LogP contribution in [0.4, 0.5) is 25.8 Å². The van der Waals surface area contributed by atoms with Gasteiger partial charge in [-0.15, -0.1) is 0 Å². The molecule has 0 saturated carbocycles. The second-order valence-electron chi connectivity index (χ2n) is 6.13. The number of anilines is 3. The van der Waals surface area contributed by atoms with Gasteiger partial charge in [-0.25, -0.2) is 8.78 Å². The molecule has 2 aromatic carbocycles. The fourth-order valence-electron chi connectivity index (χ4n) is 2.77. The first-order valence-electron chi connectivity index (χ1n) is 8.55. The molecule has 0 fully saturated rings. The number of carbonyl (C=O) groups is 1. The van der Waals surface area contributed by atoms with Crippen LogP contribution in [0.3, 0.4) is 0 Å². The van der Waals surface area contributed by atoms with Gasteiger partial charge in [0.15, 0.2) is 0 Å². The quantitative estimate of drug-likeness (QED) is 0.649. The highest BCUT2D eigenvalue weighted by molar-refractivity contribution is 6.05. The SMILES string of the molecule is CCc1cccc(C)c1NC(=O)c1cncc(Nc2ccc(F)cc2F)c1. The van der Waals surface area contributed by atoms with E-state index in [2.05, 4.69) is 15.6 Å². The smallest absolute Gasteiger partial charge is 0.257 e. The lowest BCUT2D eigenvalue weighted by Gasteiger charge is -2.13. The zero-order chi connectivity index (χ0) is 19.4. The molecule has 0 spiro atoms. The number of hydrogen-bond donors (Lipinski definition) is 2. The Kier molecular flexibility index (Phi) is 5.45. The third kappa shape index (κ3) is 4.28. The van der Waals surface area contributed by atoms with Gasteiger partial charge in [0.2, 0.25) is 0 Å².